The van der Waals surface area contributed by atoms with Crippen molar-refractivity contribution in [1.29, 1.82) is 0 Å². The minimum atomic E-state index is -1.04. The molecule has 140 valence electrons. The SMILES string of the molecule is OC(c1cccnc1)c1c(-c2ccc(Cl)cc2F)nsc1-c1cccc(Cl)c1. The molecule has 0 bridgehead atoms. The molecule has 0 aliphatic rings. The molecule has 0 saturated carbocycles. The van der Waals surface area contributed by atoms with Gasteiger partial charge in [0.05, 0.1) is 10.6 Å². The van der Waals surface area contributed by atoms with Gasteiger partial charge in [-0.05, 0) is 53.5 Å². The van der Waals surface area contributed by atoms with Gasteiger partial charge in [0.15, 0.2) is 0 Å². The molecular formula is C21H13Cl2FN2OS. The van der Waals surface area contributed by atoms with Gasteiger partial charge >= 0.3 is 0 Å². The molecule has 0 saturated heterocycles. The smallest absolute Gasteiger partial charge is 0.134 e. The van der Waals surface area contributed by atoms with Crippen LogP contribution in [-0.4, -0.2) is 14.5 Å². The summed E-state index contributed by atoms with van der Waals surface area (Å²) in [6.45, 7) is 0. The van der Waals surface area contributed by atoms with E-state index >= 15 is 0 Å². The van der Waals surface area contributed by atoms with Crippen molar-refractivity contribution in [2.24, 2.45) is 0 Å². The van der Waals surface area contributed by atoms with E-state index in [0.29, 0.717) is 31.7 Å². The predicted molar refractivity (Wildman–Crippen MR) is 111 cm³/mol. The largest absolute Gasteiger partial charge is 0.383 e. The average Bonchev–Trinajstić information content (AvgIpc) is 3.13. The Bertz CT molecular complexity index is 1130. The third-order valence-electron chi connectivity index (χ3n) is 4.27. The van der Waals surface area contributed by atoms with E-state index in [2.05, 4.69) is 9.36 Å². The van der Waals surface area contributed by atoms with Crippen LogP contribution in [-0.2, 0) is 0 Å². The third kappa shape index (κ3) is 3.66. The first-order valence-electron chi connectivity index (χ1n) is 8.33. The van der Waals surface area contributed by atoms with E-state index < -0.39 is 11.9 Å². The number of aliphatic hydroxyl groups is 1. The van der Waals surface area contributed by atoms with E-state index in [0.717, 1.165) is 5.56 Å². The van der Waals surface area contributed by atoms with Crippen molar-refractivity contribution in [3.05, 3.63) is 94.0 Å². The molecule has 0 amide bonds. The van der Waals surface area contributed by atoms with Crippen molar-refractivity contribution in [2.45, 2.75) is 6.10 Å². The van der Waals surface area contributed by atoms with Gasteiger partial charge in [-0.1, -0.05) is 41.4 Å². The standard InChI is InChI=1S/C21H13Cl2FN2OS/c22-14-5-1-3-12(9-14)21-18(20(27)13-4-2-8-25-11-13)19(26-28-21)16-7-6-15(23)10-17(16)24/h1-11,20,27H. The second-order valence-corrected chi connectivity index (χ2v) is 7.74. The Morgan fingerprint density at radius 2 is 1.82 bits per heavy atom. The van der Waals surface area contributed by atoms with Gasteiger partial charge < -0.3 is 5.11 Å². The van der Waals surface area contributed by atoms with Crippen molar-refractivity contribution in [3.63, 3.8) is 0 Å². The maximum absolute atomic E-state index is 14.6. The molecule has 7 heteroatoms. The third-order valence-corrected chi connectivity index (χ3v) is 5.66. The van der Waals surface area contributed by atoms with Crippen LogP contribution in [0.15, 0.2) is 67.0 Å². The van der Waals surface area contributed by atoms with Gasteiger partial charge in [0.1, 0.15) is 11.9 Å². The average molecular weight is 431 g/mol. The topological polar surface area (TPSA) is 46.0 Å². The van der Waals surface area contributed by atoms with Gasteiger partial charge in [-0.3, -0.25) is 4.98 Å². The Kier molecular flexibility index (Phi) is 5.42. The lowest BCUT2D eigenvalue weighted by Gasteiger charge is -2.14. The fraction of sp³-hybridized carbons (Fsp3) is 0.0476. The molecule has 2 aromatic heterocycles. The summed E-state index contributed by atoms with van der Waals surface area (Å²) in [5.74, 6) is -0.505. The highest BCUT2D eigenvalue weighted by Gasteiger charge is 2.26. The van der Waals surface area contributed by atoms with Crippen LogP contribution in [0.2, 0.25) is 10.0 Å². The van der Waals surface area contributed by atoms with Gasteiger partial charge in [-0.2, -0.15) is 4.37 Å². The molecule has 0 radical (unpaired) electrons. The molecule has 1 N–H and O–H groups in total. The van der Waals surface area contributed by atoms with E-state index in [1.807, 2.05) is 12.1 Å². The summed E-state index contributed by atoms with van der Waals surface area (Å²) in [5.41, 5.74) is 2.52. The number of benzene rings is 2. The highest BCUT2D eigenvalue weighted by molar-refractivity contribution is 7.10. The Labute approximate surface area is 175 Å². The lowest BCUT2D eigenvalue weighted by atomic mass is 9.95. The molecule has 4 rings (SSSR count). The molecule has 2 aromatic carbocycles. The first kappa shape index (κ1) is 19.0. The second-order valence-electron chi connectivity index (χ2n) is 6.10. The van der Waals surface area contributed by atoms with Crippen LogP contribution in [0.5, 0.6) is 0 Å². The summed E-state index contributed by atoms with van der Waals surface area (Å²) < 4.78 is 19.1. The minimum absolute atomic E-state index is 0.270. The Hall–Kier alpha value is -2.31. The Morgan fingerprint density at radius 1 is 1.00 bits per heavy atom. The molecule has 4 aromatic rings. The van der Waals surface area contributed by atoms with Gasteiger partial charge in [-0.15, -0.1) is 0 Å². The highest BCUT2D eigenvalue weighted by atomic mass is 35.5. The minimum Gasteiger partial charge on any atom is -0.383 e. The zero-order valence-corrected chi connectivity index (χ0v) is 16.6. The van der Waals surface area contributed by atoms with E-state index in [-0.39, 0.29) is 5.56 Å². The molecule has 0 fully saturated rings. The zero-order chi connectivity index (χ0) is 19.7. The Morgan fingerprint density at radius 3 is 2.54 bits per heavy atom. The van der Waals surface area contributed by atoms with Crippen molar-refractivity contribution in [3.8, 4) is 21.7 Å². The molecular weight excluding hydrogens is 418 g/mol. The monoisotopic (exact) mass is 430 g/mol. The number of hydrogen-bond acceptors (Lipinski definition) is 4. The number of pyridine rings is 1. The molecule has 0 aliphatic carbocycles. The van der Waals surface area contributed by atoms with Crippen LogP contribution in [0.25, 0.3) is 21.7 Å². The summed E-state index contributed by atoms with van der Waals surface area (Å²) in [6, 6.07) is 15.1. The van der Waals surface area contributed by atoms with E-state index in [1.54, 1.807) is 48.8 Å². The van der Waals surface area contributed by atoms with Gasteiger partial charge in [0.25, 0.3) is 0 Å². The quantitative estimate of drug-likeness (QED) is 0.407. The number of nitrogens with zero attached hydrogens (tertiary/aromatic N) is 2. The summed E-state index contributed by atoms with van der Waals surface area (Å²) in [5, 5.41) is 12.0. The molecule has 1 atom stereocenters. The van der Waals surface area contributed by atoms with E-state index in [1.165, 1.54) is 17.6 Å². The molecule has 2 heterocycles. The maximum atomic E-state index is 14.6. The van der Waals surface area contributed by atoms with Crippen molar-refractivity contribution < 1.29 is 9.50 Å². The molecule has 0 spiro atoms. The Balaban J connectivity index is 1.94. The van der Waals surface area contributed by atoms with Gasteiger partial charge in [0, 0.05) is 39.1 Å². The van der Waals surface area contributed by atoms with Crippen molar-refractivity contribution >= 4 is 34.7 Å². The predicted octanol–water partition coefficient (Wildman–Crippen LogP) is 6.40. The van der Waals surface area contributed by atoms with Crippen LogP contribution in [0, 0.1) is 5.82 Å². The number of hydrogen-bond donors (Lipinski definition) is 1. The molecule has 0 aliphatic heterocycles. The number of aliphatic hydroxyl groups excluding tert-OH is 1. The van der Waals surface area contributed by atoms with Gasteiger partial charge in [-0.25, -0.2) is 4.39 Å². The lowest BCUT2D eigenvalue weighted by Crippen LogP contribution is -2.03. The fourth-order valence-electron chi connectivity index (χ4n) is 2.97. The van der Waals surface area contributed by atoms with Crippen LogP contribution in [0.4, 0.5) is 4.39 Å². The fourth-order valence-corrected chi connectivity index (χ4v) is 4.24. The van der Waals surface area contributed by atoms with Crippen LogP contribution >= 0.6 is 34.7 Å². The van der Waals surface area contributed by atoms with E-state index in [4.69, 9.17) is 23.2 Å². The number of rotatable bonds is 4. The normalized spacial score (nSPS) is 12.1. The van der Waals surface area contributed by atoms with Crippen molar-refractivity contribution in [2.75, 3.05) is 0 Å². The summed E-state index contributed by atoms with van der Waals surface area (Å²) in [4.78, 5) is 4.79. The first-order valence-corrected chi connectivity index (χ1v) is 9.86. The van der Waals surface area contributed by atoms with Crippen LogP contribution in [0.3, 0.4) is 0 Å². The molecule has 1 unspecified atom stereocenters. The highest BCUT2D eigenvalue weighted by Crippen LogP contribution is 2.42. The van der Waals surface area contributed by atoms with Crippen molar-refractivity contribution in [1.82, 2.24) is 9.36 Å². The maximum Gasteiger partial charge on any atom is 0.134 e. The zero-order valence-electron chi connectivity index (χ0n) is 14.3. The lowest BCUT2D eigenvalue weighted by molar-refractivity contribution is 0.221. The summed E-state index contributed by atoms with van der Waals surface area (Å²) in [6.07, 6.45) is 2.16. The molecule has 28 heavy (non-hydrogen) atoms. The number of aromatic nitrogens is 2. The summed E-state index contributed by atoms with van der Waals surface area (Å²) in [7, 11) is 0. The second kappa shape index (κ2) is 7.97. The van der Waals surface area contributed by atoms with Gasteiger partial charge in [0.2, 0.25) is 0 Å². The van der Waals surface area contributed by atoms with Crippen LogP contribution < -0.4 is 0 Å². The van der Waals surface area contributed by atoms with E-state index in [9.17, 15) is 9.50 Å². The first-order chi connectivity index (χ1) is 13.5. The molecule has 3 nitrogen and oxygen atoms in total. The summed E-state index contributed by atoms with van der Waals surface area (Å²) >= 11 is 13.2. The van der Waals surface area contributed by atoms with Crippen LogP contribution in [0.1, 0.15) is 17.2 Å². The number of halogens is 3.